The maximum Gasteiger partial charge on any atom is 0.250 e. The van der Waals surface area contributed by atoms with E-state index < -0.39 is 5.54 Å². The lowest BCUT2D eigenvalue weighted by Crippen LogP contribution is -2.60. The second kappa shape index (κ2) is 6.60. The zero-order chi connectivity index (χ0) is 18.1. The van der Waals surface area contributed by atoms with Crippen LogP contribution in [0.4, 0.5) is 11.4 Å². The van der Waals surface area contributed by atoms with E-state index >= 15 is 0 Å². The molecule has 1 aliphatic rings. The van der Waals surface area contributed by atoms with Gasteiger partial charge in [0.05, 0.1) is 24.5 Å². The van der Waals surface area contributed by atoms with Crippen molar-refractivity contribution in [1.82, 2.24) is 9.80 Å². The second-order valence-electron chi connectivity index (χ2n) is 6.72. The molecule has 0 aromatic heterocycles. The first-order valence-corrected chi connectivity index (χ1v) is 7.77. The van der Waals surface area contributed by atoms with Gasteiger partial charge in [-0.15, -0.1) is 0 Å². The smallest absolute Gasteiger partial charge is 0.250 e. The van der Waals surface area contributed by atoms with Crippen molar-refractivity contribution in [2.45, 2.75) is 19.4 Å². The van der Waals surface area contributed by atoms with Gasteiger partial charge >= 0.3 is 0 Å². The van der Waals surface area contributed by atoms with E-state index in [0.29, 0.717) is 11.4 Å². The van der Waals surface area contributed by atoms with Crippen molar-refractivity contribution in [2.75, 3.05) is 44.4 Å². The lowest BCUT2D eigenvalue weighted by Gasteiger charge is -2.42. The van der Waals surface area contributed by atoms with Gasteiger partial charge < -0.3 is 10.2 Å². The van der Waals surface area contributed by atoms with Crippen molar-refractivity contribution in [3.63, 3.8) is 0 Å². The fourth-order valence-electron chi connectivity index (χ4n) is 2.63. The van der Waals surface area contributed by atoms with Gasteiger partial charge in [-0.3, -0.25) is 24.2 Å². The molecule has 0 saturated heterocycles. The Morgan fingerprint density at radius 1 is 1.12 bits per heavy atom. The predicted molar refractivity (Wildman–Crippen MR) is 92.8 cm³/mol. The molecule has 130 valence electrons. The van der Waals surface area contributed by atoms with Crippen LogP contribution in [0.3, 0.4) is 0 Å². The molecule has 1 aromatic carbocycles. The Balaban J connectivity index is 2.23. The molecule has 2 rings (SSSR count). The molecule has 7 heteroatoms. The summed E-state index contributed by atoms with van der Waals surface area (Å²) < 4.78 is 0. The summed E-state index contributed by atoms with van der Waals surface area (Å²) in [6, 6.07) is 7.20. The highest BCUT2D eigenvalue weighted by atomic mass is 16.2. The van der Waals surface area contributed by atoms with Crippen LogP contribution in [0.25, 0.3) is 0 Å². The molecular weight excluding hydrogens is 308 g/mol. The molecule has 0 aliphatic carbocycles. The standard InChI is InChI=1S/C17H24N4O3/c1-17(2)16(24)18-12-8-6-7-9-13(12)21(17)15(23)11-20(5)10-14(22)19(3)4/h6-9H,10-11H2,1-5H3,(H,18,24). The molecule has 3 amide bonds. The SMILES string of the molecule is CN(CC(=O)N(C)C)CC(=O)N1c2ccccc2NC(=O)C1(C)C. The maximum atomic E-state index is 12.9. The van der Waals surface area contributed by atoms with E-state index in [1.807, 2.05) is 12.1 Å². The van der Waals surface area contributed by atoms with E-state index in [1.54, 1.807) is 52.0 Å². The van der Waals surface area contributed by atoms with E-state index in [4.69, 9.17) is 0 Å². The Bertz CT molecular complexity index is 670. The minimum atomic E-state index is -1.00. The number of nitrogens with zero attached hydrogens (tertiary/aromatic N) is 3. The summed E-state index contributed by atoms with van der Waals surface area (Å²) in [4.78, 5) is 41.7. The topological polar surface area (TPSA) is 73.0 Å². The molecule has 24 heavy (non-hydrogen) atoms. The first kappa shape index (κ1) is 17.9. The highest BCUT2D eigenvalue weighted by molar-refractivity contribution is 6.14. The lowest BCUT2D eigenvalue weighted by molar-refractivity contribution is -0.131. The van der Waals surface area contributed by atoms with E-state index in [0.717, 1.165) is 0 Å². The Morgan fingerprint density at radius 2 is 1.75 bits per heavy atom. The fraction of sp³-hybridized carbons (Fsp3) is 0.471. The first-order chi connectivity index (χ1) is 11.1. The summed E-state index contributed by atoms with van der Waals surface area (Å²) >= 11 is 0. The number of carbonyl (C=O) groups is 3. The van der Waals surface area contributed by atoms with E-state index in [9.17, 15) is 14.4 Å². The number of carbonyl (C=O) groups excluding carboxylic acids is 3. The number of amides is 3. The number of fused-ring (bicyclic) bond motifs is 1. The van der Waals surface area contributed by atoms with Gasteiger partial charge in [0.2, 0.25) is 17.7 Å². The number of hydrogen-bond acceptors (Lipinski definition) is 4. The van der Waals surface area contributed by atoms with Crippen LogP contribution in [0.1, 0.15) is 13.8 Å². The molecular formula is C17H24N4O3. The third kappa shape index (κ3) is 3.41. The van der Waals surface area contributed by atoms with Crippen LogP contribution < -0.4 is 10.2 Å². The van der Waals surface area contributed by atoms with Crippen LogP contribution in [0.15, 0.2) is 24.3 Å². The molecule has 1 N–H and O–H groups in total. The zero-order valence-electron chi connectivity index (χ0n) is 14.8. The van der Waals surface area contributed by atoms with Gasteiger partial charge in [0.15, 0.2) is 0 Å². The van der Waals surface area contributed by atoms with Crippen LogP contribution in [-0.4, -0.2) is 67.3 Å². The summed E-state index contributed by atoms with van der Waals surface area (Å²) in [5.41, 5.74) is 0.277. The van der Waals surface area contributed by atoms with Gasteiger partial charge in [-0.2, -0.15) is 0 Å². The number of hydrogen-bond donors (Lipinski definition) is 1. The summed E-state index contributed by atoms with van der Waals surface area (Å²) in [6.07, 6.45) is 0. The van der Waals surface area contributed by atoms with Crippen molar-refractivity contribution in [3.05, 3.63) is 24.3 Å². The van der Waals surface area contributed by atoms with Gasteiger partial charge in [0.1, 0.15) is 5.54 Å². The number of anilines is 2. The number of rotatable bonds is 4. The minimum absolute atomic E-state index is 0.0463. The number of para-hydroxylation sites is 2. The van der Waals surface area contributed by atoms with Crippen LogP contribution in [-0.2, 0) is 14.4 Å². The Hall–Kier alpha value is -2.41. The maximum absolute atomic E-state index is 12.9. The molecule has 0 saturated carbocycles. The molecule has 0 spiro atoms. The molecule has 0 unspecified atom stereocenters. The monoisotopic (exact) mass is 332 g/mol. The Morgan fingerprint density at radius 3 is 2.38 bits per heavy atom. The van der Waals surface area contributed by atoms with Crippen LogP contribution >= 0.6 is 0 Å². The van der Waals surface area contributed by atoms with Crippen molar-refractivity contribution in [3.8, 4) is 0 Å². The molecule has 0 bridgehead atoms. The molecule has 0 atom stereocenters. The van der Waals surface area contributed by atoms with Gasteiger partial charge in [-0.25, -0.2) is 0 Å². The average Bonchev–Trinajstić information content (AvgIpc) is 2.47. The largest absolute Gasteiger partial charge is 0.348 e. The third-order valence-corrected chi connectivity index (χ3v) is 4.07. The van der Waals surface area contributed by atoms with Gasteiger partial charge in [-0.05, 0) is 33.0 Å². The summed E-state index contributed by atoms with van der Waals surface area (Å²) in [6.45, 7) is 3.60. The van der Waals surface area contributed by atoms with Crippen LogP contribution in [0.2, 0.25) is 0 Å². The van der Waals surface area contributed by atoms with Crippen molar-refractivity contribution in [2.24, 2.45) is 0 Å². The molecule has 7 nitrogen and oxygen atoms in total. The van der Waals surface area contributed by atoms with E-state index in [-0.39, 0.29) is 30.8 Å². The van der Waals surface area contributed by atoms with Gasteiger partial charge in [0, 0.05) is 14.1 Å². The fourth-order valence-corrected chi connectivity index (χ4v) is 2.63. The van der Waals surface area contributed by atoms with Gasteiger partial charge in [-0.1, -0.05) is 12.1 Å². The minimum Gasteiger partial charge on any atom is -0.348 e. The lowest BCUT2D eigenvalue weighted by atomic mass is 9.96. The quantitative estimate of drug-likeness (QED) is 0.884. The molecule has 1 heterocycles. The highest BCUT2D eigenvalue weighted by Crippen LogP contribution is 2.36. The Kier molecular flexibility index (Phi) is 4.94. The molecule has 0 fully saturated rings. The number of likely N-dealkylation sites (N-methyl/N-ethyl adjacent to an activating group) is 2. The molecule has 1 aliphatic heterocycles. The van der Waals surface area contributed by atoms with Crippen molar-refractivity contribution >= 4 is 29.1 Å². The molecule has 1 aromatic rings. The highest BCUT2D eigenvalue weighted by Gasteiger charge is 2.43. The van der Waals surface area contributed by atoms with Crippen molar-refractivity contribution in [1.29, 1.82) is 0 Å². The number of nitrogens with one attached hydrogen (secondary N) is 1. The second-order valence-corrected chi connectivity index (χ2v) is 6.72. The third-order valence-electron chi connectivity index (χ3n) is 4.07. The summed E-state index contributed by atoms with van der Waals surface area (Å²) in [5, 5.41) is 2.83. The summed E-state index contributed by atoms with van der Waals surface area (Å²) in [7, 11) is 5.06. The van der Waals surface area contributed by atoms with E-state index in [1.165, 1.54) is 9.80 Å². The van der Waals surface area contributed by atoms with E-state index in [2.05, 4.69) is 5.32 Å². The predicted octanol–water partition coefficient (Wildman–Crippen LogP) is 0.770. The van der Waals surface area contributed by atoms with Crippen LogP contribution in [0.5, 0.6) is 0 Å². The average molecular weight is 332 g/mol. The first-order valence-electron chi connectivity index (χ1n) is 7.77. The normalized spacial score (nSPS) is 15.8. The number of benzene rings is 1. The van der Waals surface area contributed by atoms with Crippen molar-refractivity contribution < 1.29 is 14.4 Å². The summed E-state index contributed by atoms with van der Waals surface area (Å²) in [5.74, 6) is -0.542. The van der Waals surface area contributed by atoms with Gasteiger partial charge in [0.25, 0.3) is 0 Å². The zero-order valence-corrected chi connectivity index (χ0v) is 14.8. The molecule has 0 radical (unpaired) electrons. The Labute approximate surface area is 142 Å². The van der Waals surface area contributed by atoms with Crippen LogP contribution in [0, 0.1) is 0 Å².